The zero-order chi connectivity index (χ0) is 6.41. The molecule has 0 aliphatic rings. The zero-order valence-corrected chi connectivity index (χ0v) is 7.73. The number of aliphatic carboxylic acids is 1. The Balaban J connectivity index is 0. The van der Waals surface area contributed by atoms with Gasteiger partial charge in [0.1, 0.15) is 5.97 Å². The van der Waals surface area contributed by atoms with Crippen LogP contribution < -0.4 is 34.7 Å². The molecule has 9 heavy (non-hydrogen) atoms. The van der Waals surface area contributed by atoms with Gasteiger partial charge in [0, 0.05) is 6.42 Å². The van der Waals surface area contributed by atoms with Gasteiger partial charge < -0.3 is 9.90 Å². The SMILES string of the molecule is CCCC#CC(=O)[O-].[Na+]. The van der Waals surface area contributed by atoms with Gasteiger partial charge >= 0.3 is 29.6 Å². The van der Waals surface area contributed by atoms with E-state index in [0.717, 1.165) is 6.42 Å². The fraction of sp³-hybridized carbons (Fsp3) is 0.500. The third-order valence-electron chi connectivity index (χ3n) is 0.565. The Kier molecular flexibility index (Phi) is 10.5. The molecule has 0 aromatic heterocycles. The van der Waals surface area contributed by atoms with E-state index in [-0.39, 0.29) is 29.6 Å². The predicted octanol–water partition coefficient (Wildman–Crippen LogP) is -3.46. The van der Waals surface area contributed by atoms with Gasteiger partial charge in [-0.3, -0.25) is 0 Å². The summed E-state index contributed by atoms with van der Waals surface area (Å²) in [5.41, 5.74) is 0. The number of hydrogen-bond acceptors (Lipinski definition) is 2. The Hall–Kier alpha value is 0.0300. The molecule has 0 heterocycles. The van der Waals surface area contributed by atoms with Crippen LogP contribution in [0.4, 0.5) is 0 Å². The van der Waals surface area contributed by atoms with E-state index < -0.39 is 5.97 Å². The maximum atomic E-state index is 9.59. The van der Waals surface area contributed by atoms with E-state index in [1.165, 1.54) is 0 Å². The Labute approximate surface area is 76.9 Å². The monoisotopic (exact) mass is 134 g/mol. The molecule has 0 atom stereocenters. The van der Waals surface area contributed by atoms with E-state index in [1.54, 1.807) is 0 Å². The molecule has 0 aromatic rings. The molecule has 0 aliphatic carbocycles. The van der Waals surface area contributed by atoms with Crippen LogP contribution in [0.15, 0.2) is 0 Å². The number of carbonyl (C=O) groups excluding carboxylic acids is 1. The summed E-state index contributed by atoms with van der Waals surface area (Å²) in [6.45, 7) is 1.93. The summed E-state index contributed by atoms with van der Waals surface area (Å²) in [5, 5.41) is 9.59. The quantitative estimate of drug-likeness (QED) is 0.276. The van der Waals surface area contributed by atoms with Crippen LogP contribution in [0.5, 0.6) is 0 Å². The molecule has 0 saturated carbocycles. The molecule has 0 bridgehead atoms. The van der Waals surface area contributed by atoms with Gasteiger partial charge in [-0.25, -0.2) is 0 Å². The number of hydrogen-bond donors (Lipinski definition) is 0. The standard InChI is InChI=1S/C6H8O2.Na/c1-2-3-4-5-6(7)8;/h2-3H2,1H3,(H,7,8);/q;+1/p-1. The minimum Gasteiger partial charge on any atom is -0.537 e. The van der Waals surface area contributed by atoms with Crippen molar-refractivity contribution in [1.82, 2.24) is 0 Å². The van der Waals surface area contributed by atoms with Crippen molar-refractivity contribution >= 4 is 5.97 Å². The Morgan fingerprint density at radius 2 is 2.22 bits per heavy atom. The summed E-state index contributed by atoms with van der Waals surface area (Å²) in [7, 11) is 0. The van der Waals surface area contributed by atoms with Gasteiger partial charge in [-0.15, -0.1) is 0 Å². The normalized spacial score (nSPS) is 6.33. The summed E-state index contributed by atoms with van der Waals surface area (Å²) < 4.78 is 0. The Morgan fingerprint density at radius 3 is 2.56 bits per heavy atom. The van der Waals surface area contributed by atoms with Crippen molar-refractivity contribution in [2.45, 2.75) is 19.8 Å². The van der Waals surface area contributed by atoms with Crippen molar-refractivity contribution in [1.29, 1.82) is 0 Å². The second-order valence-corrected chi connectivity index (χ2v) is 1.34. The Morgan fingerprint density at radius 1 is 1.67 bits per heavy atom. The molecule has 2 nitrogen and oxygen atoms in total. The van der Waals surface area contributed by atoms with Crippen LogP contribution in [0.1, 0.15) is 19.8 Å². The fourth-order valence-corrected chi connectivity index (χ4v) is 0.260. The molecule has 0 unspecified atom stereocenters. The van der Waals surface area contributed by atoms with Crippen molar-refractivity contribution in [2.75, 3.05) is 0 Å². The molecular formula is C6H7NaO2. The average molecular weight is 134 g/mol. The van der Waals surface area contributed by atoms with E-state index in [1.807, 2.05) is 12.8 Å². The van der Waals surface area contributed by atoms with Crippen molar-refractivity contribution in [3.63, 3.8) is 0 Å². The largest absolute Gasteiger partial charge is 1.00 e. The minimum absolute atomic E-state index is 0. The third-order valence-corrected chi connectivity index (χ3v) is 0.565. The van der Waals surface area contributed by atoms with Crippen molar-refractivity contribution in [2.24, 2.45) is 0 Å². The third kappa shape index (κ3) is 11.5. The first kappa shape index (κ1) is 11.8. The number of rotatable bonds is 1. The topological polar surface area (TPSA) is 40.1 Å². The molecule has 0 fully saturated rings. The van der Waals surface area contributed by atoms with Crippen molar-refractivity contribution in [3.05, 3.63) is 0 Å². The van der Waals surface area contributed by atoms with E-state index in [9.17, 15) is 9.90 Å². The van der Waals surface area contributed by atoms with Gasteiger partial charge in [-0.05, 0) is 12.3 Å². The molecule has 0 N–H and O–H groups in total. The molecule has 0 saturated heterocycles. The van der Waals surface area contributed by atoms with Crippen LogP contribution in [-0.2, 0) is 4.79 Å². The molecule has 0 radical (unpaired) electrons. The van der Waals surface area contributed by atoms with Crippen molar-refractivity contribution in [3.8, 4) is 11.8 Å². The molecule has 0 aliphatic heterocycles. The molecule has 0 aromatic carbocycles. The molecular weight excluding hydrogens is 127 g/mol. The average Bonchev–Trinajstić information content (AvgIpc) is 1.66. The number of carboxylic acids is 1. The number of carbonyl (C=O) groups is 1. The molecule has 0 rings (SSSR count). The first-order valence-electron chi connectivity index (χ1n) is 2.47. The predicted molar refractivity (Wildman–Crippen MR) is 27.7 cm³/mol. The first-order chi connectivity index (χ1) is 3.77. The van der Waals surface area contributed by atoms with Crippen LogP contribution >= 0.6 is 0 Å². The molecule has 0 spiro atoms. The van der Waals surface area contributed by atoms with Gasteiger partial charge in [0.25, 0.3) is 0 Å². The van der Waals surface area contributed by atoms with Crippen LogP contribution in [0.3, 0.4) is 0 Å². The van der Waals surface area contributed by atoms with Gasteiger partial charge in [0.05, 0.1) is 0 Å². The van der Waals surface area contributed by atoms with Crippen LogP contribution in [0.2, 0.25) is 0 Å². The first-order valence-corrected chi connectivity index (χ1v) is 2.47. The van der Waals surface area contributed by atoms with Gasteiger partial charge in [0.2, 0.25) is 0 Å². The molecule has 0 amide bonds. The summed E-state index contributed by atoms with van der Waals surface area (Å²) in [5.74, 6) is 3.03. The van der Waals surface area contributed by atoms with E-state index in [0.29, 0.717) is 6.42 Å². The smallest absolute Gasteiger partial charge is 0.537 e. The summed E-state index contributed by atoms with van der Waals surface area (Å²) >= 11 is 0. The maximum Gasteiger partial charge on any atom is 1.00 e. The van der Waals surface area contributed by atoms with Gasteiger partial charge in [-0.2, -0.15) is 0 Å². The molecule has 44 valence electrons. The van der Waals surface area contributed by atoms with Crippen LogP contribution in [0, 0.1) is 11.8 Å². The van der Waals surface area contributed by atoms with Gasteiger partial charge in [0.15, 0.2) is 0 Å². The summed E-state index contributed by atoms with van der Waals surface area (Å²) in [6, 6.07) is 0. The fourth-order valence-electron chi connectivity index (χ4n) is 0.260. The number of carboxylic acid groups (broad SMARTS) is 1. The second-order valence-electron chi connectivity index (χ2n) is 1.34. The van der Waals surface area contributed by atoms with E-state index in [2.05, 4.69) is 5.92 Å². The van der Waals surface area contributed by atoms with Crippen LogP contribution in [0.25, 0.3) is 0 Å². The zero-order valence-electron chi connectivity index (χ0n) is 5.73. The summed E-state index contributed by atoms with van der Waals surface area (Å²) in [6.07, 6.45) is 1.52. The van der Waals surface area contributed by atoms with E-state index >= 15 is 0 Å². The Bertz CT molecular complexity index is 132. The van der Waals surface area contributed by atoms with Crippen LogP contribution in [-0.4, -0.2) is 5.97 Å². The summed E-state index contributed by atoms with van der Waals surface area (Å²) in [4.78, 5) is 9.59. The number of unbranched alkanes of at least 4 members (excludes halogenated alkanes) is 1. The second kappa shape index (κ2) is 8.03. The minimum atomic E-state index is -1.29. The van der Waals surface area contributed by atoms with Gasteiger partial charge in [-0.1, -0.05) is 12.8 Å². The van der Waals surface area contributed by atoms with Crippen molar-refractivity contribution < 1.29 is 39.5 Å². The van der Waals surface area contributed by atoms with E-state index in [4.69, 9.17) is 0 Å². The molecule has 3 heteroatoms. The maximum absolute atomic E-state index is 9.59.